The van der Waals surface area contributed by atoms with Gasteiger partial charge in [-0.3, -0.25) is 14.9 Å². The second-order valence-electron chi connectivity index (χ2n) is 20.7. The molecule has 6 aromatic rings. The SMILES string of the molecule is CC1=Nc2c(F)cc(-c3nc(Nc4ccc(C5CCN(C)CC5)cn4)nc(OCCN4CCC(c5ccc(Nc6ncc(F)c(-c7cc(F)c8c(c7)C7(CCCC7)C(C)=N8)n6)nc5)CC4)c3F)cc2C1(C)C. The lowest BCUT2D eigenvalue weighted by Crippen LogP contribution is -2.36. The van der Waals surface area contributed by atoms with E-state index in [0.717, 1.165) is 106 Å². The van der Waals surface area contributed by atoms with Crippen molar-refractivity contribution in [3.63, 3.8) is 0 Å². The smallest absolute Gasteiger partial charge is 0.256 e. The summed E-state index contributed by atoms with van der Waals surface area (Å²) in [5.41, 5.74) is 5.68. The van der Waals surface area contributed by atoms with E-state index in [1.54, 1.807) is 6.07 Å². The number of aromatic nitrogens is 6. The fraction of sp³-hybridized carbons (Fsp3) is 0.418. The Morgan fingerprint density at radius 3 is 1.85 bits per heavy atom. The van der Waals surface area contributed by atoms with Gasteiger partial charge in [-0.25, -0.2) is 38.1 Å². The molecule has 0 unspecified atom stereocenters. The van der Waals surface area contributed by atoms with Crippen LogP contribution in [0.25, 0.3) is 22.5 Å². The quantitative estimate of drug-likeness (QED) is 0.113. The van der Waals surface area contributed by atoms with Crippen molar-refractivity contribution in [1.82, 2.24) is 39.7 Å². The summed E-state index contributed by atoms with van der Waals surface area (Å²) in [7, 11) is 2.14. The van der Waals surface area contributed by atoms with Crippen LogP contribution in [-0.4, -0.2) is 97.5 Å². The number of halogens is 4. The van der Waals surface area contributed by atoms with Crippen LogP contribution in [0, 0.1) is 23.3 Å². The molecular weight excluding hydrogens is 921 g/mol. The number of hydrogen-bond acceptors (Lipinski definition) is 13. The van der Waals surface area contributed by atoms with Gasteiger partial charge in [0.15, 0.2) is 5.82 Å². The minimum Gasteiger partial charge on any atom is -0.474 e. The standard InChI is InChI=1S/C55H58F4N12O/c1-31-54(3,4)39-24-38(27-41(56)49(39)63-31)48-46(59)51(69-53(68-48)66-45-11-9-35(28-61-45)33-12-18-70(5)19-13-33)72-23-22-71-20-14-34(15-21-71)36-8-10-44(60-29-36)65-52-62-30-43(58)47(67-52)37-25-40-50(42(57)26-37)64-32(2)55(40)16-6-7-17-55/h8-11,24-30,33-34H,6-7,12-23H2,1-5H3,(H,60,62,65,67)(H,61,66,68,69). The molecule has 0 amide bonds. The summed E-state index contributed by atoms with van der Waals surface area (Å²) in [5, 5.41) is 6.25. The zero-order valence-electron chi connectivity index (χ0n) is 41.3. The van der Waals surface area contributed by atoms with Gasteiger partial charge in [-0.2, -0.15) is 9.37 Å². The number of benzene rings is 2. The molecule has 5 aliphatic rings. The summed E-state index contributed by atoms with van der Waals surface area (Å²) in [4.78, 5) is 40.7. The van der Waals surface area contributed by atoms with Gasteiger partial charge in [-0.15, -0.1) is 0 Å². The molecule has 4 aliphatic heterocycles. The summed E-state index contributed by atoms with van der Waals surface area (Å²) >= 11 is 0. The van der Waals surface area contributed by atoms with E-state index in [1.807, 2.05) is 64.4 Å². The van der Waals surface area contributed by atoms with E-state index in [2.05, 4.69) is 73.4 Å². The van der Waals surface area contributed by atoms with Crippen molar-refractivity contribution in [2.75, 3.05) is 57.0 Å². The van der Waals surface area contributed by atoms with Crippen LogP contribution in [-0.2, 0) is 10.8 Å². The van der Waals surface area contributed by atoms with Crippen LogP contribution in [0.5, 0.6) is 5.88 Å². The molecule has 2 saturated heterocycles. The number of piperidine rings is 2. The number of fused-ring (bicyclic) bond motifs is 3. The lowest BCUT2D eigenvalue weighted by atomic mass is 9.76. The number of anilines is 4. The highest BCUT2D eigenvalue weighted by molar-refractivity contribution is 6.01. The molecule has 13 nitrogen and oxygen atoms in total. The Bertz CT molecular complexity index is 3100. The van der Waals surface area contributed by atoms with Gasteiger partial charge in [0.1, 0.15) is 52.6 Å². The molecule has 1 spiro atoms. The first-order chi connectivity index (χ1) is 34.7. The molecule has 0 radical (unpaired) electrons. The normalized spacial score (nSPS) is 18.8. The molecule has 4 aromatic heterocycles. The second kappa shape index (κ2) is 19.0. The number of pyridine rings is 2. The maximum Gasteiger partial charge on any atom is 0.256 e. The van der Waals surface area contributed by atoms with Crippen LogP contribution < -0.4 is 15.4 Å². The summed E-state index contributed by atoms with van der Waals surface area (Å²) < 4.78 is 69.1. The lowest BCUT2D eigenvalue weighted by molar-refractivity contribution is 0.168. The van der Waals surface area contributed by atoms with E-state index in [0.29, 0.717) is 40.9 Å². The van der Waals surface area contributed by atoms with Crippen LogP contribution in [0.15, 0.2) is 77.1 Å². The highest BCUT2D eigenvalue weighted by Crippen LogP contribution is 2.52. The fourth-order valence-corrected chi connectivity index (χ4v) is 11.3. The van der Waals surface area contributed by atoms with Crippen LogP contribution >= 0.6 is 0 Å². The maximum absolute atomic E-state index is 16.6. The first-order valence-corrected chi connectivity index (χ1v) is 25.1. The highest BCUT2D eigenvalue weighted by atomic mass is 19.1. The van der Waals surface area contributed by atoms with Crippen LogP contribution in [0.4, 0.5) is 52.5 Å². The largest absolute Gasteiger partial charge is 0.474 e. The van der Waals surface area contributed by atoms with Gasteiger partial charge in [-0.1, -0.05) is 38.8 Å². The number of rotatable bonds is 12. The molecule has 2 N–H and O–H groups in total. The van der Waals surface area contributed by atoms with Gasteiger partial charge in [0.2, 0.25) is 17.7 Å². The molecule has 372 valence electrons. The van der Waals surface area contributed by atoms with Crippen molar-refractivity contribution in [3.8, 4) is 28.4 Å². The average molecular weight is 979 g/mol. The van der Waals surface area contributed by atoms with Crippen molar-refractivity contribution in [2.45, 2.75) is 102 Å². The molecule has 3 fully saturated rings. The summed E-state index contributed by atoms with van der Waals surface area (Å²) in [5.74, 6) is -0.807. The Hall–Kier alpha value is -6.72. The Morgan fingerprint density at radius 2 is 1.21 bits per heavy atom. The Labute approximate surface area is 416 Å². The predicted molar refractivity (Wildman–Crippen MR) is 272 cm³/mol. The topological polar surface area (TPSA) is 142 Å². The third-order valence-corrected chi connectivity index (χ3v) is 16.0. The predicted octanol–water partition coefficient (Wildman–Crippen LogP) is 11.8. The zero-order valence-corrected chi connectivity index (χ0v) is 41.3. The first kappa shape index (κ1) is 47.6. The van der Waals surface area contributed by atoms with Crippen molar-refractivity contribution in [1.29, 1.82) is 0 Å². The van der Waals surface area contributed by atoms with E-state index in [4.69, 9.17) is 4.74 Å². The number of likely N-dealkylation sites (tertiary alicyclic amines) is 2. The van der Waals surface area contributed by atoms with Crippen molar-refractivity contribution < 1.29 is 22.3 Å². The first-order valence-electron chi connectivity index (χ1n) is 25.1. The number of ether oxygens (including phenoxy) is 1. The Balaban J connectivity index is 0.736. The summed E-state index contributed by atoms with van der Waals surface area (Å²) in [6.07, 6.45) is 12.5. The molecule has 8 heterocycles. The molecule has 0 atom stereocenters. The Kier molecular flexibility index (Phi) is 12.6. The number of nitrogens with zero attached hydrogens (tertiary/aromatic N) is 10. The molecule has 11 rings (SSSR count). The number of nitrogens with one attached hydrogen (secondary N) is 2. The van der Waals surface area contributed by atoms with Gasteiger partial charge < -0.3 is 20.3 Å². The Morgan fingerprint density at radius 1 is 0.639 bits per heavy atom. The lowest BCUT2D eigenvalue weighted by Gasteiger charge is -2.31. The van der Waals surface area contributed by atoms with E-state index in [9.17, 15) is 0 Å². The third kappa shape index (κ3) is 8.99. The maximum atomic E-state index is 16.6. The van der Waals surface area contributed by atoms with Crippen molar-refractivity contribution in [2.24, 2.45) is 9.98 Å². The van der Waals surface area contributed by atoms with E-state index in [-0.39, 0.29) is 58.4 Å². The van der Waals surface area contributed by atoms with E-state index < -0.39 is 28.7 Å². The summed E-state index contributed by atoms with van der Waals surface area (Å²) in [6, 6.07) is 14.0. The molecule has 1 aliphatic carbocycles. The number of aliphatic imine (C=N–C) groups is 2. The highest BCUT2D eigenvalue weighted by Gasteiger charge is 2.45. The van der Waals surface area contributed by atoms with Crippen LogP contribution in [0.1, 0.15) is 113 Å². The van der Waals surface area contributed by atoms with Gasteiger partial charge in [-0.05, 0) is 156 Å². The molecule has 2 aromatic carbocycles. The average Bonchev–Trinajstić information content (AvgIpc) is 4.05. The van der Waals surface area contributed by atoms with Crippen LogP contribution in [0.2, 0.25) is 0 Å². The van der Waals surface area contributed by atoms with Crippen molar-refractivity contribution >= 4 is 46.3 Å². The van der Waals surface area contributed by atoms with Crippen LogP contribution in [0.3, 0.4) is 0 Å². The molecule has 17 heteroatoms. The minimum atomic E-state index is -0.786. The van der Waals surface area contributed by atoms with E-state index >= 15 is 17.6 Å². The molecule has 72 heavy (non-hydrogen) atoms. The number of hydrogen-bond donors (Lipinski definition) is 2. The van der Waals surface area contributed by atoms with Gasteiger partial charge in [0.25, 0.3) is 5.88 Å². The van der Waals surface area contributed by atoms with Crippen molar-refractivity contribution in [3.05, 3.63) is 113 Å². The molecular formula is C55H58F4N12O. The second-order valence-corrected chi connectivity index (χ2v) is 20.7. The molecule has 1 saturated carbocycles. The fourth-order valence-electron chi connectivity index (χ4n) is 11.3. The monoisotopic (exact) mass is 978 g/mol. The van der Waals surface area contributed by atoms with Gasteiger partial charge in [0, 0.05) is 52.3 Å². The minimum absolute atomic E-state index is 0.00749. The van der Waals surface area contributed by atoms with E-state index in [1.165, 1.54) is 17.7 Å². The van der Waals surface area contributed by atoms with Gasteiger partial charge in [0.05, 0.1) is 6.20 Å². The molecule has 0 bridgehead atoms. The third-order valence-electron chi connectivity index (χ3n) is 16.0. The van der Waals surface area contributed by atoms with Gasteiger partial charge >= 0.3 is 0 Å². The zero-order chi connectivity index (χ0) is 49.9. The summed E-state index contributed by atoms with van der Waals surface area (Å²) in [6.45, 7) is 12.1.